The van der Waals surface area contributed by atoms with Crippen LogP contribution in [0.15, 0.2) is 24.3 Å². The predicted octanol–water partition coefficient (Wildman–Crippen LogP) is 2.86. The van der Waals surface area contributed by atoms with Crippen molar-refractivity contribution in [3.63, 3.8) is 0 Å². The number of para-hydroxylation sites is 1. The molecule has 0 aliphatic rings. The van der Waals surface area contributed by atoms with Gasteiger partial charge >= 0.3 is 0 Å². The molecule has 1 amide bonds. The summed E-state index contributed by atoms with van der Waals surface area (Å²) < 4.78 is 0. The Hall–Kier alpha value is -1.86. The molecule has 1 aromatic rings. The number of benzene rings is 1. The van der Waals surface area contributed by atoms with Gasteiger partial charge in [-0.2, -0.15) is 5.26 Å². The molecule has 4 heteroatoms. The molecule has 0 aromatic heterocycles. The first-order valence-electron chi connectivity index (χ1n) is 7.00. The lowest BCUT2D eigenvalue weighted by atomic mass is 10.2. The standard InChI is InChI=1S/C16H23N3O/c1-13(2)12-19(3)10-6-9-16(20)18-15-8-5-4-7-14(15)11-17/h4-5,7-8,13H,6,9-10,12H2,1-3H3,(H,18,20). The van der Waals surface area contributed by atoms with E-state index in [0.717, 1.165) is 19.5 Å². The Morgan fingerprint density at radius 1 is 1.40 bits per heavy atom. The quantitative estimate of drug-likeness (QED) is 0.831. The summed E-state index contributed by atoms with van der Waals surface area (Å²) in [5, 5.41) is 11.8. The van der Waals surface area contributed by atoms with Crippen molar-refractivity contribution in [2.45, 2.75) is 26.7 Å². The van der Waals surface area contributed by atoms with E-state index in [1.54, 1.807) is 18.2 Å². The van der Waals surface area contributed by atoms with Crippen LogP contribution in [0.3, 0.4) is 0 Å². The molecule has 108 valence electrons. The summed E-state index contributed by atoms with van der Waals surface area (Å²) in [6.45, 7) is 6.31. The van der Waals surface area contributed by atoms with Crippen molar-refractivity contribution >= 4 is 11.6 Å². The second-order valence-electron chi connectivity index (χ2n) is 5.47. The topological polar surface area (TPSA) is 56.1 Å². The summed E-state index contributed by atoms with van der Waals surface area (Å²) >= 11 is 0. The zero-order valence-corrected chi connectivity index (χ0v) is 12.5. The Bertz CT molecular complexity index is 477. The summed E-state index contributed by atoms with van der Waals surface area (Å²) in [6, 6.07) is 9.12. The molecule has 0 spiro atoms. The molecule has 0 saturated heterocycles. The van der Waals surface area contributed by atoms with Gasteiger partial charge < -0.3 is 10.2 Å². The average Bonchev–Trinajstić information content (AvgIpc) is 2.38. The second kappa shape index (κ2) is 8.34. The number of hydrogen-bond donors (Lipinski definition) is 1. The fourth-order valence-corrected chi connectivity index (χ4v) is 2.13. The maximum atomic E-state index is 11.8. The van der Waals surface area contributed by atoms with E-state index < -0.39 is 0 Å². The van der Waals surface area contributed by atoms with Crippen LogP contribution in [-0.4, -0.2) is 30.9 Å². The van der Waals surface area contributed by atoms with Gasteiger partial charge in [0.2, 0.25) is 5.91 Å². The van der Waals surface area contributed by atoms with E-state index >= 15 is 0 Å². The first-order chi connectivity index (χ1) is 9.52. The molecule has 0 atom stereocenters. The summed E-state index contributed by atoms with van der Waals surface area (Å²) in [5.41, 5.74) is 1.09. The van der Waals surface area contributed by atoms with E-state index in [4.69, 9.17) is 5.26 Å². The summed E-state index contributed by atoms with van der Waals surface area (Å²) in [4.78, 5) is 14.1. The van der Waals surface area contributed by atoms with Crippen LogP contribution < -0.4 is 5.32 Å². The Morgan fingerprint density at radius 2 is 2.10 bits per heavy atom. The van der Waals surface area contributed by atoms with Gasteiger partial charge in [-0.05, 0) is 38.1 Å². The summed E-state index contributed by atoms with van der Waals surface area (Å²) in [5.74, 6) is 0.599. The van der Waals surface area contributed by atoms with Gasteiger partial charge in [-0.1, -0.05) is 26.0 Å². The number of nitriles is 1. The monoisotopic (exact) mass is 273 g/mol. The molecular formula is C16H23N3O. The van der Waals surface area contributed by atoms with Crippen LogP contribution in [0.1, 0.15) is 32.3 Å². The van der Waals surface area contributed by atoms with E-state index in [1.165, 1.54) is 0 Å². The molecule has 0 aliphatic carbocycles. The molecule has 1 N–H and O–H groups in total. The molecular weight excluding hydrogens is 250 g/mol. The van der Waals surface area contributed by atoms with Gasteiger partial charge in [0.1, 0.15) is 6.07 Å². The van der Waals surface area contributed by atoms with E-state index in [1.807, 2.05) is 6.07 Å². The Balaban J connectivity index is 2.36. The highest BCUT2D eigenvalue weighted by Crippen LogP contribution is 2.14. The molecule has 0 unspecified atom stereocenters. The third kappa shape index (κ3) is 5.85. The van der Waals surface area contributed by atoms with Crippen LogP contribution in [0, 0.1) is 17.2 Å². The number of carbonyl (C=O) groups excluding carboxylic acids is 1. The predicted molar refractivity (Wildman–Crippen MR) is 81.4 cm³/mol. The van der Waals surface area contributed by atoms with Gasteiger partial charge in [0.25, 0.3) is 0 Å². The highest BCUT2D eigenvalue weighted by molar-refractivity contribution is 5.92. The maximum Gasteiger partial charge on any atom is 0.224 e. The smallest absolute Gasteiger partial charge is 0.224 e. The van der Waals surface area contributed by atoms with E-state index in [0.29, 0.717) is 23.6 Å². The van der Waals surface area contributed by atoms with Crippen LogP contribution in [0.25, 0.3) is 0 Å². The Labute approximate surface area is 121 Å². The fourth-order valence-electron chi connectivity index (χ4n) is 2.13. The molecule has 0 fully saturated rings. The van der Waals surface area contributed by atoms with E-state index in [2.05, 4.69) is 37.2 Å². The molecule has 0 bridgehead atoms. The minimum atomic E-state index is -0.0364. The number of carbonyl (C=O) groups is 1. The number of amides is 1. The third-order valence-corrected chi connectivity index (χ3v) is 2.94. The summed E-state index contributed by atoms with van der Waals surface area (Å²) in [6.07, 6.45) is 1.30. The second-order valence-corrected chi connectivity index (χ2v) is 5.47. The van der Waals surface area contributed by atoms with Crippen LogP contribution in [0.4, 0.5) is 5.69 Å². The SMILES string of the molecule is CC(C)CN(C)CCCC(=O)Nc1ccccc1C#N. The number of hydrogen-bond acceptors (Lipinski definition) is 3. The van der Waals surface area contributed by atoms with Gasteiger partial charge in [-0.3, -0.25) is 4.79 Å². The number of rotatable bonds is 7. The lowest BCUT2D eigenvalue weighted by molar-refractivity contribution is -0.116. The molecule has 0 aliphatic heterocycles. The summed E-state index contributed by atoms with van der Waals surface area (Å²) in [7, 11) is 2.07. The molecule has 4 nitrogen and oxygen atoms in total. The number of anilines is 1. The normalized spacial score (nSPS) is 10.6. The highest BCUT2D eigenvalue weighted by atomic mass is 16.1. The van der Waals surface area contributed by atoms with E-state index in [-0.39, 0.29) is 5.91 Å². The zero-order valence-electron chi connectivity index (χ0n) is 12.5. The van der Waals surface area contributed by atoms with Crippen molar-refractivity contribution < 1.29 is 4.79 Å². The van der Waals surface area contributed by atoms with Crippen molar-refractivity contribution in [2.24, 2.45) is 5.92 Å². The van der Waals surface area contributed by atoms with Crippen LogP contribution in [-0.2, 0) is 4.79 Å². The van der Waals surface area contributed by atoms with Crippen LogP contribution in [0.2, 0.25) is 0 Å². The van der Waals surface area contributed by atoms with Crippen molar-refractivity contribution in [1.29, 1.82) is 5.26 Å². The molecule has 0 radical (unpaired) electrons. The Kier molecular flexibility index (Phi) is 6.75. The maximum absolute atomic E-state index is 11.8. The van der Waals surface area contributed by atoms with Crippen LogP contribution >= 0.6 is 0 Å². The van der Waals surface area contributed by atoms with Gasteiger partial charge in [-0.25, -0.2) is 0 Å². The van der Waals surface area contributed by atoms with Crippen LogP contribution in [0.5, 0.6) is 0 Å². The van der Waals surface area contributed by atoms with Gasteiger partial charge in [0.15, 0.2) is 0 Å². The van der Waals surface area contributed by atoms with Crippen molar-refractivity contribution in [3.8, 4) is 6.07 Å². The average molecular weight is 273 g/mol. The fraction of sp³-hybridized carbons (Fsp3) is 0.500. The van der Waals surface area contributed by atoms with Crippen molar-refractivity contribution in [3.05, 3.63) is 29.8 Å². The highest BCUT2D eigenvalue weighted by Gasteiger charge is 2.07. The van der Waals surface area contributed by atoms with Gasteiger partial charge in [0.05, 0.1) is 11.3 Å². The van der Waals surface area contributed by atoms with Crippen molar-refractivity contribution in [2.75, 3.05) is 25.5 Å². The minimum Gasteiger partial charge on any atom is -0.325 e. The first kappa shape index (κ1) is 16.2. The third-order valence-electron chi connectivity index (χ3n) is 2.94. The molecule has 20 heavy (non-hydrogen) atoms. The molecule has 1 aromatic carbocycles. The number of nitrogens with one attached hydrogen (secondary N) is 1. The largest absolute Gasteiger partial charge is 0.325 e. The zero-order chi connectivity index (χ0) is 15.0. The van der Waals surface area contributed by atoms with Gasteiger partial charge in [0, 0.05) is 13.0 Å². The molecule has 0 saturated carbocycles. The molecule has 0 heterocycles. The Morgan fingerprint density at radius 3 is 2.75 bits per heavy atom. The number of nitrogens with zero attached hydrogens (tertiary/aromatic N) is 2. The minimum absolute atomic E-state index is 0.0364. The van der Waals surface area contributed by atoms with Crippen molar-refractivity contribution in [1.82, 2.24) is 4.90 Å². The van der Waals surface area contributed by atoms with Gasteiger partial charge in [-0.15, -0.1) is 0 Å². The van der Waals surface area contributed by atoms with E-state index in [9.17, 15) is 4.79 Å². The lowest BCUT2D eigenvalue weighted by Crippen LogP contribution is -2.25. The molecule has 1 rings (SSSR count). The lowest BCUT2D eigenvalue weighted by Gasteiger charge is -2.18. The first-order valence-corrected chi connectivity index (χ1v) is 7.00.